The lowest BCUT2D eigenvalue weighted by atomic mass is 9.79. The molecule has 6 rings (SSSR count). The molecular formula is C20H22BrN9. The van der Waals surface area contributed by atoms with Crippen LogP contribution >= 0.6 is 15.9 Å². The summed E-state index contributed by atoms with van der Waals surface area (Å²) >= 11 is 3.57. The number of nitrogens with zero attached hydrogens (tertiary/aromatic N) is 6. The van der Waals surface area contributed by atoms with Crippen LogP contribution in [0.15, 0.2) is 34.9 Å². The molecule has 10 heteroatoms. The van der Waals surface area contributed by atoms with Crippen LogP contribution in [0, 0.1) is 0 Å². The first-order valence-electron chi connectivity index (χ1n) is 10.3. The number of nitrogens with one attached hydrogen (secondary N) is 3. The lowest BCUT2D eigenvalue weighted by Crippen LogP contribution is -2.62. The predicted molar refractivity (Wildman–Crippen MR) is 119 cm³/mol. The number of hydrogen-bond acceptors (Lipinski definition) is 7. The van der Waals surface area contributed by atoms with Crippen LogP contribution in [0.4, 0.5) is 11.9 Å². The molecule has 0 amide bonds. The molecule has 9 nitrogen and oxygen atoms in total. The second-order valence-electron chi connectivity index (χ2n) is 8.07. The first-order valence-corrected chi connectivity index (χ1v) is 11.1. The minimum absolute atomic E-state index is 0.347. The van der Waals surface area contributed by atoms with Crippen molar-refractivity contribution >= 4 is 44.5 Å². The predicted octanol–water partition coefficient (Wildman–Crippen LogP) is 2.71. The molecule has 0 aliphatic carbocycles. The third kappa shape index (κ3) is 3.02. The highest BCUT2D eigenvalue weighted by atomic mass is 79.9. The van der Waals surface area contributed by atoms with E-state index in [-0.39, 0.29) is 0 Å². The van der Waals surface area contributed by atoms with Crippen LogP contribution in [0.2, 0.25) is 0 Å². The molecular weight excluding hydrogens is 446 g/mol. The molecule has 0 unspecified atom stereocenters. The normalized spacial score (nSPS) is 18.2. The molecule has 1 aromatic carbocycles. The minimum Gasteiger partial charge on any atom is -0.347 e. The summed E-state index contributed by atoms with van der Waals surface area (Å²) in [6, 6.07) is 8.02. The number of anilines is 2. The third-order valence-electron chi connectivity index (χ3n) is 6.27. The Morgan fingerprint density at radius 1 is 1.10 bits per heavy atom. The molecule has 2 aliphatic rings. The van der Waals surface area contributed by atoms with Crippen LogP contribution in [0.3, 0.4) is 0 Å². The van der Waals surface area contributed by atoms with Gasteiger partial charge < -0.3 is 20.5 Å². The molecule has 5 heterocycles. The number of benzene rings is 1. The molecule has 0 bridgehead atoms. The van der Waals surface area contributed by atoms with Crippen molar-refractivity contribution in [3.63, 3.8) is 0 Å². The number of H-pyrrole nitrogens is 1. The van der Waals surface area contributed by atoms with Crippen molar-refractivity contribution < 1.29 is 0 Å². The number of halogens is 1. The van der Waals surface area contributed by atoms with Gasteiger partial charge in [0.1, 0.15) is 5.82 Å². The van der Waals surface area contributed by atoms with Gasteiger partial charge in [-0.2, -0.15) is 19.6 Å². The molecule has 0 atom stereocenters. The second kappa shape index (κ2) is 6.92. The van der Waals surface area contributed by atoms with Gasteiger partial charge in [0.2, 0.25) is 11.9 Å². The molecule has 0 radical (unpaired) electrons. The van der Waals surface area contributed by atoms with E-state index in [4.69, 9.17) is 9.97 Å². The zero-order valence-electron chi connectivity index (χ0n) is 16.4. The van der Waals surface area contributed by atoms with E-state index in [0.717, 1.165) is 65.4 Å². The summed E-state index contributed by atoms with van der Waals surface area (Å²) in [6.45, 7) is 3.57. The van der Waals surface area contributed by atoms with Crippen molar-refractivity contribution in [2.75, 3.05) is 29.9 Å². The number of aromatic nitrogens is 6. The molecule has 0 saturated carbocycles. The standard InChI is InChI=1S/C20H22BrN9/c21-13-11-24-30-17(13)27-19(29-9-6-20(7-10-29)5-8-23-20)28-18(30)22-12-16-25-14-3-1-2-4-15(14)26-16/h1-4,11,23H,5-10,12H2,(H,25,26)(H,22,27,28). The number of imidazole rings is 1. The molecule has 3 aromatic heterocycles. The largest absolute Gasteiger partial charge is 0.347 e. The topological polar surface area (TPSA) is 99.1 Å². The van der Waals surface area contributed by atoms with E-state index in [1.807, 2.05) is 24.3 Å². The van der Waals surface area contributed by atoms with Gasteiger partial charge in [-0.1, -0.05) is 12.1 Å². The van der Waals surface area contributed by atoms with E-state index >= 15 is 0 Å². The van der Waals surface area contributed by atoms with Crippen LogP contribution in [0.5, 0.6) is 0 Å². The van der Waals surface area contributed by atoms with Crippen LogP contribution < -0.4 is 15.5 Å². The van der Waals surface area contributed by atoms with Gasteiger partial charge in [-0.15, -0.1) is 0 Å². The van der Waals surface area contributed by atoms with E-state index in [0.29, 0.717) is 18.0 Å². The van der Waals surface area contributed by atoms with Crippen LogP contribution in [0.25, 0.3) is 16.7 Å². The maximum absolute atomic E-state index is 4.82. The summed E-state index contributed by atoms with van der Waals surface area (Å²) in [5.74, 6) is 2.25. The average molecular weight is 468 g/mol. The highest BCUT2D eigenvalue weighted by molar-refractivity contribution is 9.10. The third-order valence-corrected chi connectivity index (χ3v) is 6.83. The first kappa shape index (κ1) is 18.1. The smallest absolute Gasteiger partial charge is 0.230 e. The van der Waals surface area contributed by atoms with Crippen LogP contribution in [0.1, 0.15) is 25.1 Å². The highest BCUT2D eigenvalue weighted by Crippen LogP contribution is 2.32. The lowest BCUT2D eigenvalue weighted by Gasteiger charge is -2.48. The zero-order chi connectivity index (χ0) is 20.1. The van der Waals surface area contributed by atoms with Gasteiger partial charge in [0.25, 0.3) is 0 Å². The van der Waals surface area contributed by atoms with Gasteiger partial charge >= 0.3 is 0 Å². The maximum Gasteiger partial charge on any atom is 0.230 e. The summed E-state index contributed by atoms with van der Waals surface area (Å²) in [4.78, 5) is 19.9. The monoisotopic (exact) mass is 467 g/mol. The summed E-state index contributed by atoms with van der Waals surface area (Å²) in [5, 5.41) is 11.4. The number of aromatic amines is 1. The molecule has 30 heavy (non-hydrogen) atoms. The number of para-hydroxylation sites is 2. The Labute approximate surface area is 181 Å². The van der Waals surface area contributed by atoms with Gasteiger partial charge in [0, 0.05) is 18.6 Å². The van der Waals surface area contributed by atoms with Gasteiger partial charge in [-0.3, -0.25) is 0 Å². The fraction of sp³-hybridized carbons (Fsp3) is 0.400. The summed E-state index contributed by atoms with van der Waals surface area (Å²) in [7, 11) is 0. The average Bonchev–Trinajstić information content (AvgIpc) is 3.34. The van der Waals surface area contributed by atoms with E-state index < -0.39 is 0 Å². The van der Waals surface area contributed by atoms with E-state index in [9.17, 15) is 0 Å². The SMILES string of the molecule is Brc1cnn2c(NCc3nc4ccccc4[nH]3)nc(N3CCC4(CCN4)CC3)nc12. The Kier molecular flexibility index (Phi) is 4.17. The quantitative estimate of drug-likeness (QED) is 0.424. The van der Waals surface area contributed by atoms with Crippen molar-refractivity contribution in [3.8, 4) is 0 Å². The fourth-order valence-electron chi connectivity index (χ4n) is 4.39. The Morgan fingerprint density at radius 2 is 1.93 bits per heavy atom. The van der Waals surface area contributed by atoms with Crippen molar-refractivity contribution in [1.82, 2.24) is 34.9 Å². The summed E-state index contributed by atoms with van der Waals surface area (Å²) < 4.78 is 2.59. The molecule has 1 spiro atoms. The number of piperidine rings is 1. The molecule has 2 fully saturated rings. The van der Waals surface area contributed by atoms with Crippen molar-refractivity contribution in [2.24, 2.45) is 0 Å². The van der Waals surface area contributed by atoms with Crippen molar-refractivity contribution in [1.29, 1.82) is 0 Å². The fourth-order valence-corrected chi connectivity index (χ4v) is 4.74. The van der Waals surface area contributed by atoms with Gasteiger partial charge in [0.15, 0.2) is 5.65 Å². The van der Waals surface area contributed by atoms with Crippen molar-refractivity contribution in [3.05, 3.63) is 40.8 Å². The van der Waals surface area contributed by atoms with Gasteiger partial charge in [-0.05, 0) is 53.9 Å². The molecule has 154 valence electrons. The van der Waals surface area contributed by atoms with Crippen LogP contribution in [-0.2, 0) is 6.54 Å². The minimum atomic E-state index is 0.347. The molecule has 4 aromatic rings. The Morgan fingerprint density at radius 3 is 2.70 bits per heavy atom. The van der Waals surface area contributed by atoms with Crippen molar-refractivity contribution in [2.45, 2.75) is 31.3 Å². The summed E-state index contributed by atoms with van der Waals surface area (Å²) in [5.41, 5.74) is 3.09. The number of hydrogen-bond donors (Lipinski definition) is 3. The van der Waals surface area contributed by atoms with E-state index in [1.165, 1.54) is 6.42 Å². The van der Waals surface area contributed by atoms with E-state index in [1.54, 1.807) is 10.7 Å². The number of rotatable bonds is 4. The van der Waals surface area contributed by atoms with E-state index in [2.05, 4.69) is 46.5 Å². The lowest BCUT2D eigenvalue weighted by molar-refractivity contribution is 0.163. The Balaban J connectivity index is 1.28. The second-order valence-corrected chi connectivity index (χ2v) is 8.93. The van der Waals surface area contributed by atoms with Gasteiger partial charge in [-0.25, -0.2) is 4.98 Å². The maximum atomic E-state index is 4.82. The Bertz CT molecular complexity index is 1180. The molecule has 2 saturated heterocycles. The Hall–Kier alpha value is -2.72. The molecule has 3 N–H and O–H groups in total. The zero-order valence-corrected chi connectivity index (χ0v) is 18.0. The number of fused-ring (bicyclic) bond motifs is 2. The van der Waals surface area contributed by atoms with Crippen LogP contribution in [-0.4, -0.2) is 54.7 Å². The first-order chi connectivity index (χ1) is 14.7. The highest BCUT2D eigenvalue weighted by Gasteiger charge is 2.39. The summed E-state index contributed by atoms with van der Waals surface area (Å²) in [6.07, 6.45) is 5.29. The molecule has 2 aliphatic heterocycles. The van der Waals surface area contributed by atoms with Gasteiger partial charge in [0.05, 0.1) is 28.2 Å².